The van der Waals surface area contributed by atoms with E-state index in [0.717, 1.165) is 33.2 Å². The van der Waals surface area contributed by atoms with Crippen molar-refractivity contribution in [2.45, 2.75) is 0 Å². The van der Waals surface area contributed by atoms with Crippen LogP contribution in [-0.4, -0.2) is 4.98 Å². The van der Waals surface area contributed by atoms with Gasteiger partial charge in [-0.1, -0.05) is 48.0 Å². The number of fused-ring (bicyclic) bond motifs is 3. The Morgan fingerprint density at radius 2 is 1.71 bits per heavy atom. The highest BCUT2D eigenvalue weighted by atomic mass is 35.5. The van der Waals surface area contributed by atoms with Gasteiger partial charge in [-0.3, -0.25) is 0 Å². The molecule has 3 aromatic carbocycles. The van der Waals surface area contributed by atoms with Gasteiger partial charge in [0, 0.05) is 21.5 Å². The number of halogens is 1. The number of rotatable bonds is 2. The summed E-state index contributed by atoms with van der Waals surface area (Å²) in [5.41, 5.74) is 2.26. The zero-order valence-corrected chi connectivity index (χ0v) is 13.4. The maximum absolute atomic E-state index is 9.14. The van der Waals surface area contributed by atoms with Gasteiger partial charge in [0.1, 0.15) is 5.82 Å². The molecule has 3 nitrogen and oxygen atoms in total. The maximum Gasteiger partial charge on any atom is 0.138 e. The first-order chi connectivity index (χ1) is 11.7. The predicted octanol–water partition coefficient (Wildman–Crippen LogP) is 5.66. The van der Waals surface area contributed by atoms with E-state index in [2.05, 4.69) is 17.5 Å². The van der Waals surface area contributed by atoms with Crippen LogP contribution in [0.3, 0.4) is 0 Å². The standard InChI is InChI=1S/C20H12ClN3/c21-14-4-3-5-15(11-14)23-20-18-7-2-1-6-16(18)17-9-8-13(12-22)10-19(17)24-20/h1-11H,(H,23,24). The predicted molar refractivity (Wildman–Crippen MR) is 98.7 cm³/mol. The van der Waals surface area contributed by atoms with E-state index in [4.69, 9.17) is 21.8 Å². The van der Waals surface area contributed by atoms with Gasteiger partial charge in [0.15, 0.2) is 0 Å². The van der Waals surface area contributed by atoms with Gasteiger partial charge in [-0.05, 0) is 35.7 Å². The number of pyridine rings is 1. The summed E-state index contributed by atoms with van der Waals surface area (Å²) in [6.45, 7) is 0. The molecule has 1 heterocycles. The summed E-state index contributed by atoms with van der Waals surface area (Å²) in [6, 6.07) is 23.4. The van der Waals surface area contributed by atoms with Crippen LogP contribution >= 0.6 is 11.6 Å². The molecule has 0 fully saturated rings. The van der Waals surface area contributed by atoms with Crippen LogP contribution in [0.2, 0.25) is 5.02 Å². The fourth-order valence-corrected chi connectivity index (χ4v) is 3.02. The minimum atomic E-state index is 0.596. The summed E-state index contributed by atoms with van der Waals surface area (Å²) in [5.74, 6) is 0.746. The minimum absolute atomic E-state index is 0.596. The molecule has 1 aromatic heterocycles. The molecule has 0 radical (unpaired) electrons. The molecular formula is C20H12ClN3. The summed E-state index contributed by atoms with van der Waals surface area (Å²) in [5, 5.41) is 16.3. The van der Waals surface area contributed by atoms with Crippen molar-refractivity contribution < 1.29 is 0 Å². The van der Waals surface area contributed by atoms with Crippen LogP contribution in [0, 0.1) is 11.3 Å². The Bertz CT molecular complexity index is 1110. The average molecular weight is 330 g/mol. The van der Waals surface area contributed by atoms with Gasteiger partial charge in [0.25, 0.3) is 0 Å². The van der Waals surface area contributed by atoms with Gasteiger partial charge in [0.2, 0.25) is 0 Å². The summed E-state index contributed by atoms with van der Waals surface area (Å²) in [6.07, 6.45) is 0. The molecule has 0 saturated heterocycles. The van der Waals surface area contributed by atoms with Crippen molar-refractivity contribution in [3.05, 3.63) is 77.3 Å². The number of nitrogens with one attached hydrogen (secondary N) is 1. The van der Waals surface area contributed by atoms with E-state index in [9.17, 15) is 0 Å². The van der Waals surface area contributed by atoms with Gasteiger partial charge in [-0.2, -0.15) is 5.26 Å². The average Bonchev–Trinajstić information content (AvgIpc) is 2.61. The highest BCUT2D eigenvalue weighted by molar-refractivity contribution is 6.30. The second-order valence-electron chi connectivity index (χ2n) is 5.49. The lowest BCUT2D eigenvalue weighted by Crippen LogP contribution is -1.96. The molecule has 0 bridgehead atoms. The van der Waals surface area contributed by atoms with Crippen LogP contribution in [0.25, 0.3) is 21.7 Å². The third-order valence-electron chi connectivity index (χ3n) is 3.92. The molecule has 0 unspecified atom stereocenters. The molecule has 0 aliphatic rings. The van der Waals surface area contributed by atoms with Crippen LogP contribution in [0.4, 0.5) is 11.5 Å². The van der Waals surface area contributed by atoms with Gasteiger partial charge < -0.3 is 5.32 Å². The van der Waals surface area contributed by atoms with Crippen LogP contribution in [-0.2, 0) is 0 Å². The number of hydrogen-bond acceptors (Lipinski definition) is 3. The SMILES string of the molecule is N#Cc1ccc2c(c1)nc(Nc1cccc(Cl)c1)c1ccccc12. The Morgan fingerprint density at radius 1 is 0.875 bits per heavy atom. The lowest BCUT2D eigenvalue weighted by Gasteiger charge is -2.12. The van der Waals surface area contributed by atoms with Crippen molar-refractivity contribution in [2.75, 3.05) is 5.32 Å². The summed E-state index contributed by atoms with van der Waals surface area (Å²) < 4.78 is 0. The number of nitriles is 1. The van der Waals surface area contributed by atoms with E-state index in [1.165, 1.54) is 0 Å². The Labute approximate surface area is 144 Å². The first kappa shape index (κ1) is 14.5. The summed E-state index contributed by atoms with van der Waals surface area (Å²) in [4.78, 5) is 4.73. The number of anilines is 2. The van der Waals surface area contributed by atoms with E-state index in [-0.39, 0.29) is 0 Å². The molecule has 0 spiro atoms. The Morgan fingerprint density at radius 3 is 2.50 bits per heavy atom. The molecule has 4 aromatic rings. The fourth-order valence-electron chi connectivity index (χ4n) is 2.82. The van der Waals surface area contributed by atoms with Crippen molar-refractivity contribution in [2.24, 2.45) is 0 Å². The van der Waals surface area contributed by atoms with Crippen LogP contribution in [0.5, 0.6) is 0 Å². The number of hydrogen-bond donors (Lipinski definition) is 1. The van der Waals surface area contributed by atoms with Crippen molar-refractivity contribution in [3.63, 3.8) is 0 Å². The van der Waals surface area contributed by atoms with Crippen molar-refractivity contribution in [1.82, 2.24) is 4.98 Å². The fraction of sp³-hybridized carbons (Fsp3) is 0. The van der Waals surface area contributed by atoms with Crippen LogP contribution < -0.4 is 5.32 Å². The van der Waals surface area contributed by atoms with Crippen molar-refractivity contribution >= 4 is 44.8 Å². The molecule has 0 saturated carbocycles. The number of aromatic nitrogens is 1. The second-order valence-corrected chi connectivity index (χ2v) is 5.92. The molecule has 0 atom stereocenters. The number of nitrogens with zero attached hydrogens (tertiary/aromatic N) is 2. The molecule has 0 aliphatic carbocycles. The number of benzene rings is 3. The lowest BCUT2D eigenvalue weighted by atomic mass is 10.0. The van der Waals surface area contributed by atoms with Gasteiger partial charge in [0.05, 0.1) is 17.1 Å². The quantitative estimate of drug-likeness (QED) is 0.483. The zero-order chi connectivity index (χ0) is 16.5. The molecule has 24 heavy (non-hydrogen) atoms. The first-order valence-electron chi connectivity index (χ1n) is 7.50. The van der Waals surface area contributed by atoms with Crippen molar-refractivity contribution in [3.8, 4) is 6.07 Å². The van der Waals surface area contributed by atoms with Crippen LogP contribution in [0.15, 0.2) is 66.7 Å². The highest BCUT2D eigenvalue weighted by Crippen LogP contribution is 2.31. The Balaban J connectivity index is 1.97. The van der Waals surface area contributed by atoms with E-state index < -0.39 is 0 Å². The second kappa shape index (κ2) is 5.84. The molecule has 1 N–H and O–H groups in total. The van der Waals surface area contributed by atoms with E-state index in [0.29, 0.717) is 10.6 Å². The summed E-state index contributed by atoms with van der Waals surface area (Å²) in [7, 11) is 0. The third-order valence-corrected chi connectivity index (χ3v) is 4.15. The van der Waals surface area contributed by atoms with Gasteiger partial charge in [-0.15, -0.1) is 0 Å². The Hall–Kier alpha value is -3.09. The normalized spacial score (nSPS) is 10.7. The molecule has 4 rings (SSSR count). The smallest absolute Gasteiger partial charge is 0.138 e. The Kier molecular flexibility index (Phi) is 3.53. The monoisotopic (exact) mass is 329 g/mol. The largest absolute Gasteiger partial charge is 0.340 e. The zero-order valence-electron chi connectivity index (χ0n) is 12.6. The molecule has 114 valence electrons. The highest BCUT2D eigenvalue weighted by Gasteiger charge is 2.09. The maximum atomic E-state index is 9.14. The van der Waals surface area contributed by atoms with Crippen LogP contribution in [0.1, 0.15) is 5.56 Å². The molecule has 0 aliphatic heterocycles. The minimum Gasteiger partial charge on any atom is -0.340 e. The van der Waals surface area contributed by atoms with Gasteiger partial charge in [-0.25, -0.2) is 4.98 Å². The molecule has 4 heteroatoms. The van der Waals surface area contributed by atoms with Crippen molar-refractivity contribution in [1.29, 1.82) is 5.26 Å². The van der Waals surface area contributed by atoms with E-state index in [1.807, 2.05) is 60.7 Å². The van der Waals surface area contributed by atoms with Gasteiger partial charge >= 0.3 is 0 Å². The molecular weight excluding hydrogens is 318 g/mol. The third kappa shape index (κ3) is 2.54. The topological polar surface area (TPSA) is 48.7 Å². The van der Waals surface area contributed by atoms with E-state index >= 15 is 0 Å². The lowest BCUT2D eigenvalue weighted by molar-refractivity contribution is 1.39. The first-order valence-corrected chi connectivity index (χ1v) is 7.87. The summed E-state index contributed by atoms with van der Waals surface area (Å²) >= 11 is 6.07. The molecule has 0 amide bonds. The van der Waals surface area contributed by atoms with E-state index in [1.54, 1.807) is 0 Å².